The first-order valence-electron chi connectivity index (χ1n) is 9.34. The highest BCUT2D eigenvalue weighted by atomic mass is 35.5. The SMILES string of the molecule is CCOC1=C(c2ccc(C)cc2)Oc2ccccc2C(c2ccc(Cl)cc2)=C1. The first-order chi connectivity index (χ1) is 13.7. The second-order valence-corrected chi connectivity index (χ2v) is 7.09. The van der Waals surface area contributed by atoms with Crippen LogP contribution < -0.4 is 4.74 Å². The summed E-state index contributed by atoms with van der Waals surface area (Å²) in [6, 6.07) is 24.2. The summed E-state index contributed by atoms with van der Waals surface area (Å²) in [7, 11) is 0. The van der Waals surface area contributed by atoms with Gasteiger partial charge in [0.1, 0.15) is 5.75 Å². The fourth-order valence-electron chi connectivity index (χ4n) is 3.25. The van der Waals surface area contributed by atoms with Crippen molar-refractivity contribution >= 4 is 22.9 Å². The highest BCUT2D eigenvalue weighted by Gasteiger charge is 2.21. The minimum absolute atomic E-state index is 0.550. The molecule has 1 aliphatic rings. The second kappa shape index (κ2) is 7.95. The molecule has 0 bridgehead atoms. The number of benzene rings is 3. The Kier molecular flexibility index (Phi) is 5.23. The molecule has 1 heterocycles. The van der Waals surface area contributed by atoms with Crippen molar-refractivity contribution in [3.63, 3.8) is 0 Å². The van der Waals surface area contributed by atoms with Crippen LogP contribution >= 0.6 is 11.6 Å². The maximum atomic E-state index is 6.40. The van der Waals surface area contributed by atoms with E-state index in [4.69, 9.17) is 21.1 Å². The predicted octanol–water partition coefficient (Wildman–Crippen LogP) is 6.88. The van der Waals surface area contributed by atoms with Crippen LogP contribution in [0.25, 0.3) is 11.3 Å². The average molecular weight is 389 g/mol. The Morgan fingerprint density at radius 1 is 0.857 bits per heavy atom. The second-order valence-electron chi connectivity index (χ2n) is 6.66. The van der Waals surface area contributed by atoms with Crippen LogP contribution in [0.2, 0.25) is 5.02 Å². The van der Waals surface area contributed by atoms with Gasteiger partial charge in [0.25, 0.3) is 0 Å². The number of allylic oxidation sites excluding steroid dienone is 1. The van der Waals surface area contributed by atoms with E-state index in [0.29, 0.717) is 17.4 Å². The number of fused-ring (bicyclic) bond motifs is 1. The van der Waals surface area contributed by atoms with Gasteiger partial charge >= 0.3 is 0 Å². The molecule has 0 saturated carbocycles. The van der Waals surface area contributed by atoms with Crippen LogP contribution in [0.5, 0.6) is 5.75 Å². The lowest BCUT2D eigenvalue weighted by Crippen LogP contribution is -2.01. The summed E-state index contributed by atoms with van der Waals surface area (Å²) in [6.45, 7) is 4.60. The molecule has 3 heteroatoms. The normalized spacial score (nSPS) is 13.3. The summed E-state index contributed by atoms with van der Waals surface area (Å²) >= 11 is 6.10. The lowest BCUT2D eigenvalue weighted by atomic mass is 9.96. The van der Waals surface area contributed by atoms with Crippen molar-refractivity contribution in [2.24, 2.45) is 0 Å². The van der Waals surface area contributed by atoms with Gasteiger partial charge in [0.15, 0.2) is 11.5 Å². The number of rotatable bonds is 4. The van der Waals surface area contributed by atoms with E-state index in [1.165, 1.54) is 5.56 Å². The Morgan fingerprint density at radius 2 is 1.54 bits per heavy atom. The zero-order valence-corrected chi connectivity index (χ0v) is 16.7. The standard InChI is InChI=1S/C25H21ClO2/c1-3-27-24-16-22(18-12-14-20(26)15-13-18)21-6-4-5-7-23(21)28-25(24)19-10-8-17(2)9-11-19/h4-16H,3H2,1-2H3. The molecule has 2 nitrogen and oxygen atoms in total. The van der Waals surface area contributed by atoms with E-state index in [-0.39, 0.29) is 0 Å². The molecule has 0 unspecified atom stereocenters. The lowest BCUT2D eigenvalue weighted by Gasteiger charge is -2.14. The molecule has 0 amide bonds. The highest BCUT2D eigenvalue weighted by Crippen LogP contribution is 2.39. The third-order valence-electron chi connectivity index (χ3n) is 4.66. The van der Waals surface area contributed by atoms with Crippen LogP contribution in [0.4, 0.5) is 0 Å². The van der Waals surface area contributed by atoms with Gasteiger partial charge < -0.3 is 9.47 Å². The molecule has 0 aromatic heterocycles. The van der Waals surface area contributed by atoms with Crippen molar-refractivity contribution in [2.75, 3.05) is 6.61 Å². The van der Waals surface area contributed by atoms with E-state index in [0.717, 1.165) is 33.8 Å². The van der Waals surface area contributed by atoms with Crippen molar-refractivity contribution in [2.45, 2.75) is 13.8 Å². The Morgan fingerprint density at radius 3 is 2.25 bits per heavy atom. The maximum Gasteiger partial charge on any atom is 0.176 e. The largest absolute Gasteiger partial charge is 0.490 e. The molecule has 3 aromatic carbocycles. The summed E-state index contributed by atoms with van der Waals surface area (Å²) < 4.78 is 12.4. The highest BCUT2D eigenvalue weighted by molar-refractivity contribution is 6.30. The maximum absolute atomic E-state index is 6.40. The van der Waals surface area contributed by atoms with Crippen LogP contribution in [0.1, 0.15) is 29.2 Å². The van der Waals surface area contributed by atoms with Gasteiger partial charge in [-0.3, -0.25) is 0 Å². The Balaban J connectivity index is 1.94. The molecule has 0 aliphatic carbocycles. The van der Waals surface area contributed by atoms with Crippen LogP contribution in [-0.4, -0.2) is 6.61 Å². The fourth-order valence-corrected chi connectivity index (χ4v) is 3.38. The molecule has 0 atom stereocenters. The molecule has 0 N–H and O–H groups in total. The minimum atomic E-state index is 0.550. The van der Waals surface area contributed by atoms with Gasteiger partial charge in [-0.2, -0.15) is 0 Å². The Hall–Kier alpha value is -2.97. The van der Waals surface area contributed by atoms with Gasteiger partial charge in [-0.15, -0.1) is 0 Å². The number of aryl methyl sites for hydroxylation is 1. The van der Waals surface area contributed by atoms with Gasteiger partial charge in [-0.05, 0) is 49.3 Å². The Bertz CT molecular complexity index is 1040. The van der Waals surface area contributed by atoms with Crippen LogP contribution in [0, 0.1) is 6.92 Å². The first-order valence-corrected chi connectivity index (χ1v) is 9.72. The molecule has 140 valence electrons. The first kappa shape index (κ1) is 18.4. The van der Waals surface area contributed by atoms with Crippen molar-refractivity contribution < 1.29 is 9.47 Å². The molecule has 3 aromatic rings. The molecular formula is C25H21ClO2. The van der Waals surface area contributed by atoms with Crippen molar-refractivity contribution in [1.29, 1.82) is 0 Å². The quantitative estimate of drug-likeness (QED) is 0.485. The molecule has 0 radical (unpaired) electrons. The monoisotopic (exact) mass is 388 g/mol. The van der Waals surface area contributed by atoms with Crippen molar-refractivity contribution in [3.05, 3.63) is 112 Å². The van der Waals surface area contributed by atoms with E-state index in [1.54, 1.807) is 0 Å². The number of ether oxygens (including phenoxy) is 2. The van der Waals surface area contributed by atoms with Crippen LogP contribution in [0.15, 0.2) is 84.6 Å². The molecule has 0 fully saturated rings. The summed E-state index contributed by atoms with van der Waals surface area (Å²) in [5.41, 5.74) is 5.30. The van der Waals surface area contributed by atoms with Gasteiger partial charge in [-0.1, -0.05) is 71.8 Å². The minimum Gasteiger partial charge on any atom is -0.490 e. The summed E-state index contributed by atoms with van der Waals surface area (Å²) in [4.78, 5) is 0. The van der Waals surface area contributed by atoms with Crippen LogP contribution in [0.3, 0.4) is 0 Å². The van der Waals surface area contributed by atoms with E-state index >= 15 is 0 Å². The van der Waals surface area contributed by atoms with Gasteiger partial charge in [-0.25, -0.2) is 0 Å². The smallest absolute Gasteiger partial charge is 0.176 e. The lowest BCUT2D eigenvalue weighted by molar-refractivity contribution is 0.237. The van der Waals surface area contributed by atoms with Crippen LogP contribution in [-0.2, 0) is 4.74 Å². The number of halogens is 1. The van der Waals surface area contributed by atoms with Crippen molar-refractivity contribution in [3.8, 4) is 5.75 Å². The third kappa shape index (κ3) is 3.69. The zero-order valence-electron chi connectivity index (χ0n) is 15.9. The predicted molar refractivity (Wildman–Crippen MR) is 115 cm³/mol. The molecule has 28 heavy (non-hydrogen) atoms. The summed E-state index contributed by atoms with van der Waals surface area (Å²) in [5, 5.41) is 0.712. The molecule has 0 spiro atoms. The summed E-state index contributed by atoms with van der Waals surface area (Å²) in [5.74, 6) is 2.24. The van der Waals surface area contributed by atoms with Gasteiger partial charge in [0.05, 0.1) is 6.61 Å². The van der Waals surface area contributed by atoms with E-state index in [1.807, 2.05) is 49.4 Å². The van der Waals surface area contributed by atoms with E-state index in [2.05, 4.69) is 43.3 Å². The topological polar surface area (TPSA) is 18.5 Å². The third-order valence-corrected chi connectivity index (χ3v) is 4.91. The average Bonchev–Trinajstić information content (AvgIpc) is 2.87. The van der Waals surface area contributed by atoms with Gasteiger partial charge in [0, 0.05) is 16.1 Å². The van der Waals surface area contributed by atoms with Gasteiger partial charge in [0.2, 0.25) is 0 Å². The summed E-state index contributed by atoms with van der Waals surface area (Å²) in [6.07, 6.45) is 2.06. The van der Waals surface area contributed by atoms with E-state index < -0.39 is 0 Å². The zero-order chi connectivity index (χ0) is 19.5. The van der Waals surface area contributed by atoms with E-state index in [9.17, 15) is 0 Å². The molecule has 4 rings (SSSR count). The van der Waals surface area contributed by atoms with Crippen molar-refractivity contribution in [1.82, 2.24) is 0 Å². The molecule has 0 saturated heterocycles. The number of hydrogen-bond acceptors (Lipinski definition) is 2. The Labute approximate surface area is 170 Å². The molecule has 1 aliphatic heterocycles. The number of para-hydroxylation sites is 1. The number of hydrogen-bond donors (Lipinski definition) is 0. The molecular weight excluding hydrogens is 368 g/mol. The fraction of sp³-hybridized carbons (Fsp3) is 0.120.